The molecule has 3 unspecified atom stereocenters. The molecule has 0 bridgehead atoms. The van der Waals surface area contributed by atoms with E-state index in [1.54, 1.807) is 0 Å². The molecule has 3 nitrogen and oxygen atoms in total. The van der Waals surface area contributed by atoms with Gasteiger partial charge in [0.25, 0.3) is 0 Å². The van der Waals surface area contributed by atoms with Crippen LogP contribution in [0.2, 0.25) is 0 Å². The van der Waals surface area contributed by atoms with Gasteiger partial charge in [0.15, 0.2) is 5.76 Å². The number of rotatable bonds is 1. The van der Waals surface area contributed by atoms with Crippen LogP contribution < -0.4 is 0 Å². The van der Waals surface area contributed by atoms with Crippen LogP contribution in [0.5, 0.6) is 0 Å². The van der Waals surface area contributed by atoms with E-state index in [1.807, 2.05) is 6.92 Å². The first-order valence-electron chi connectivity index (χ1n) is 5.23. The second-order valence-corrected chi connectivity index (χ2v) is 4.59. The van der Waals surface area contributed by atoms with Gasteiger partial charge in [0.2, 0.25) is 0 Å². The Hall–Kier alpha value is -0.830. The fourth-order valence-corrected chi connectivity index (χ4v) is 2.45. The van der Waals surface area contributed by atoms with Gasteiger partial charge < -0.3 is 4.52 Å². The zero-order valence-corrected chi connectivity index (χ0v) is 9.32. The molecule has 1 saturated heterocycles. The predicted molar refractivity (Wildman–Crippen MR) is 54.9 cm³/mol. The fourth-order valence-electron chi connectivity index (χ4n) is 2.45. The molecule has 1 aliphatic heterocycles. The molecule has 0 radical (unpaired) electrons. The summed E-state index contributed by atoms with van der Waals surface area (Å²) in [5.74, 6) is 2.39. The number of likely N-dealkylation sites (tertiary alicyclic amines) is 1. The molecule has 1 aromatic heterocycles. The lowest BCUT2D eigenvalue weighted by Crippen LogP contribution is -2.19. The minimum atomic E-state index is 0.409. The van der Waals surface area contributed by atoms with Gasteiger partial charge in [-0.05, 0) is 25.8 Å². The van der Waals surface area contributed by atoms with Crippen LogP contribution in [0.15, 0.2) is 10.6 Å². The van der Waals surface area contributed by atoms with Crippen LogP contribution in [-0.4, -0.2) is 23.6 Å². The Morgan fingerprint density at radius 1 is 1.50 bits per heavy atom. The lowest BCUT2D eigenvalue weighted by molar-refractivity contribution is 0.224. The number of hydrogen-bond acceptors (Lipinski definition) is 3. The highest BCUT2D eigenvalue weighted by Gasteiger charge is 2.37. The van der Waals surface area contributed by atoms with E-state index in [0.717, 1.165) is 23.9 Å². The van der Waals surface area contributed by atoms with Gasteiger partial charge in [-0.3, -0.25) is 4.90 Å². The van der Waals surface area contributed by atoms with E-state index in [1.165, 1.54) is 0 Å². The molecule has 1 aromatic rings. The highest BCUT2D eigenvalue weighted by molar-refractivity contribution is 5.11. The topological polar surface area (TPSA) is 29.3 Å². The first kappa shape index (κ1) is 9.71. The molecule has 3 heteroatoms. The summed E-state index contributed by atoms with van der Waals surface area (Å²) in [6, 6.07) is 2.46. The number of aryl methyl sites for hydroxylation is 1. The molecule has 3 atom stereocenters. The minimum Gasteiger partial charge on any atom is -0.359 e. The van der Waals surface area contributed by atoms with Crippen LogP contribution in [0.3, 0.4) is 0 Å². The van der Waals surface area contributed by atoms with Gasteiger partial charge in [-0.25, -0.2) is 0 Å². The van der Waals surface area contributed by atoms with Crippen molar-refractivity contribution in [3.05, 3.63) is 17.5 Å². The van der Waals surface area contributed by atoms with Crippen LogP contribution in [0.1, 0.15) is 31.3 Å². The largest absolute Gasteiger partial charge is 0.359 e. The molecule has 1 fully saturated rings. The van der Waals surface area contributed by atoms with Crippen molar-refractivity contribution in [3.63, 3.8) is 0 Å². The van der Waals surface area contributed by atoms with Gasteiger partial charge in [0, 0.05) is 12.6 Å². The third-order valence-electron chi connectivity index (χ3n) is 3.38. The number of hydrogen-bond donors (Lipinski definition) is 0. The lowest BCUT2D eigenvalue weighted by atomic mass is 9.93. The van der Waals surface area contributed by atoms with Crippen molar-refractivity contribution in [2.75, 3.05) is 13.6 Å². The van der Waals surface area contributed by atoms with Crippen molar-refractivity contribution in [1.29, 1.82) is 0 Å². The minimum absolute atomic E-state index is 0.409. The third-order valence-corrected chi connectivity index (χ3v) is 3.38. The van der Waals surface area contributed by atoms with Crippen LogP contribution >= 0.6 is 0 Å². The molecule has 78 valence electrons. The number of nitrogens with zero attached hydrogens (tertiary/aromatic N) is 2. The molecular weight excluding hydrogens is 176 g/mol. The number of aromatic nitrogens is 1. The molecule has 0 aliphatic carbocycles. The van der Waals surface area contributed by atoms with Crippen molar-refractivity contribution in [2.45, 2.75) is 26.8 Å². The van der Waals surface area contributed by atoms with Gasteiger partial charge >= 0.3 is 0 Å². The average molecular weight is 194 g/mol. The molecule has 0 saturated carbocycles. The highest BCUT2D eigenvalue weighted by Crippen LogP contribution is 2.39. The van der Waals surface area contributed by atoms with E-state index in [9.17, 15) is 0 Å². The Balaban J connectivity index is 2.25. The first-order chi connectivity index (χ1) is 6.59. The third kappa shape index (κ3) is 1.46. The molecule has 0 spiro atoms. The summed E-state index contributed by atoms with van der Waals surface area (Å²) in [5.41, 5.74) is 0.972. The van der Waals surface area contributed by atoms with Crippen molar-refractivity contribution in [2.24, 2.45) is 11.8 Å². The summed E-state index contributed by atoms with van der Waals surface area (Å²) in [5, 5.41) is 3.95. The summed E-state index contributed by atoms with van der Waals surface area (Å²) in [6.07, 6.45) is 0. The fraction of sp³-hybridized carbons (Fsp3) is 0.727. The smallest absolute Gasteiger partial charge is 0.154 e. The van der Waals surface area contributed by atoms with Gasteiger partial charge in [0.05, 0.1) is 11.7 Å². The molecule has 0 aromatic carbocycles. The molecule has 2 heterocycles. The Morgan fingerprint density at radius 2 is 2.21 bits per heavy atom. The molecule has 1 aliphatic rings. The molecule has 2 rings (SSSR count). The molecule has 0 N–H and O–H groups in total. The summed E-state index contributed by atoms with van der Waals surface area (Å²) < 4.78 is 5.35. The SMILES string of the molecule is Cc1cc(C2C(C)C(C)CN2C)on1. The predicted octanol–water partition coefficient (Wildman–Crippen LogP) is 2.24. The van der Waals surface area contributed by atoms with E-state index in [4.69, 9.17) is 4.52 Å². The van der Waals surface area contributed by atoms with Crippen LogP contribution in [0, 0.1) is 18.8 Å². The second-order valence-electron chi connectivity index (χ2n) is 4.59. The Labute approximate surface area is 85.1 Å². The quantitative estimate of drug-likeness (QED) is 0.686. The van der Waals surface area contributed by atoms with Crippen LogP contribution in [-0.2, 0) is 0 Å². The summed E-state index contributed by atoms with van der Waals surface area (Å²) in [4.78, 5) is 2.36. The summed E-state index contributed by atoms with van der Waals surface area (Å²) >= 11 is 0. The molecule has 14 heavy (non-hydrogen) atoms. The monoisotopic (exact) mass is 194 g/mol. The van der Waals surface area contributed by atoms with Crippen LogP contribution in [0.25, 0.3) is 0 Å². The van der Waals surface area contributed by atoms with E-state index >= 15 is 0 Å². The Bertz CT molecular complexity index is 321. The summed E-state index contributed by atoms with van der Waals surface area (Å²) in [7, 11) is 2.16. The van der Waals surface area contributed by atoms with E-state index in [-0.39, 0.29) is 0 Å². The highest BCUT2D eigenvalue weighted by atomic mass is 16.5. The zero-order chi connectivity index (χ0) is 10.3. The molecule has 0 amide bonds. The molecular formula is C11H18N2O. The van der Waals surface area contributed by atoms with Crippen molar-refractivity contribution >= 4 is 0 Å². The standard InChI is InChI=1S/C11H18N2O/c1-7-6-13(4)11(9(7)3)10-5-8(2)12-14-10/h5,7,9,11H,6H2,1-4H3. The maximum Gasteiger partial charge on any atom is 0.154 e. The first-order valence-corrected chi connectivity index (χ1v) is 5.23. The van der Waals surface area contributed by atoms with Gasteiger partial charge in [0.1, 0.15) is 0 Å². The Kier molecular flexibility index (Phi) is 2.35. The average Bonchev–Trinajstić information content (AvgIpc) is 2.60. The maximum atomic E-state index is 5.35. The van der Waals surface area contributed by atoms with E-state index in [2.05, 4.69) is 37.0 Å². The lowest BCUT2D eigenvalue weighted by Gasteiger charge is -2.19. The normalized spacial score (nSPS) is 33.9. The maximum absolute atomic E-state index is 5.35. The summed E-state index contributed by atoms with van der Waals surface area (Å²) in [6.45, 7) is 7.70. The van der Waals surface area contributed by atoms with Crippen molar-refractivity contribution in [3.8, 4) is 0 Å². The van der Waals surface area contributed by atoms with Gasteiger partial charge in [-0.1, -0.05) is 19.0 Å². The van der Waals surface area contributed by atoms with Gasteiger partial charge in [-0.15, -0.1) is 0 Å². The van der Waals surface area contributed by atoms with E-state index < -0.39 is 0 Å². The zero-order valence-electron chi connectivity index (χ0n) is 9.32. The van der Waals surface area contributed by atoms with Gasteiger partial charge in [-0.2, -0.15) is 0 Å². The van der Waals surface area contributed by atoms with Crippen LogP contribution in [0.4, 0.5) is 0 Å². The second kappa shape index (κ2) is 3.39. The van der Waals surface area contributed by atoms with Crippen molar-refractivity contribution < 1.29 is 4.52 Å². The Morgan fingerprint density at radius 3 is 2.64 bits per heavy atom. The van der Waals surface area contributed by atoms with E-state index in [0.29, 0.717) is 12.0 Å². The van der Waals surface area contributed by atoms with Crippen molar-refractivity contribution in [1.82, 2.24) is 10.1 Å².